The minimum absolute atomic E-state index is 0.00434. The average molecular weight is 295 g/mol. The van der Waals surface area contributed by atoms with Crippen molar-refractivity contribution in [1.29, 1.82) is 0 Å². The van der Waals surface area contributed by atoms with Crippen molar-refractivity contribution in [2.45, 2.75) is 13.3 Å². The SMILES string of the molecule is CC(=O)SCCC=Cc1c(C(=O)O)cccc1[N+](=O)[O-]. The van der Waals surface area contributed by atoms with Crippen molar-refractivity contribution in [3.63, 3.8) is 0 Å². The molecule has 0 aromatic heterocycles. The Bertz CT molecular complexity index is 536. The van der Waals surface area contributed by atoms with E-state index in [0.717, 1.165) is 11.8 Å². The van der Waals surface area contributed by atoms with Crippen molar-refractivity contribution in [1.82, 2.24) is 0 Å². The molecular weight excluding hydrogens is 282 g/mol. The van der Waals surface area contributed by atoms with Crippen LogP contribution in [-0.2, 0) is 4.79 Å². The molecule has 0 unspecified atom stereocenters. The van der Waals surface area contributed by atoms with Gasteiger partial charge in [0.1, 0.15) is 0 Å². The predicted octanol–water partition coefficient (Wildman–Crippen LogP) is 2.98. The fraction of sp³-hybridized carbons (Fsp3) is 0.231. The first-order valence-corrected chi connectivity index (χ1v) is 6.72. The van der Waals surface area contributed by atoms with Crippen LogP contribution in [0.2, 0.25) is 0 Å². The summed E-state index contributed by atoms with van der Waals surface area (Å²) >= 11 is 1.15. The second-order valence-corrected chi connectivity index (χ2v) is 5.10. The minimum atomic E-state index is -1.22. The molecule has 0 amide bonds. The Kier molecular flexibility index (Phi) is 5.92. The molecule has 0 heterocycles. The molecule has 6 nitrogen and oxygen atoms in total. The summed E-state index contributed by atoms with van der Waals surface area (Å²) in [5.41, 5.74) is -0.298. The summed E-state index contributed by atoms with van der Waals surface area (Å²) in [4.78, 5) is 32.1. The van der Waals surface area contributed by atoms with Gasteiger partial charge in [0.05, 0.1) is 16.1 Å². The third-order valence-corrected chi connectivity index (χ3v) is 3.23. The summed E-state index contributed by atoms with van der Waals surface area (Å²) in [6.45, 7) is 1.46. The summed E-state index contributed by atoms with van der Waals surface area (Å²) in [6.07, 6.45) is 3.57. The number of rotatable bonds is 6. The Morgan fingerprint density at radius 3 is 2.70 bits per heavy atom. The van der Waals surface area contributed by atoms with Crippen molar-refractivity contribution < 1.29 is 19.6 Å². The highest BCUT2D eigenvalue weighted by atomic mass is 32.2. The van der Waals surface area contributed by atoms with Gasteiger partial charge in [0, 0.05) is 18.7 Å². The lowest BCUT2D eigenvalue weighted by molar-refractivity contribution is -0.385. The zero-order valence-electron chi connectivity index (χ0n) is 10.7. The number of thioether (sulfide) groups is 1. The van der Waals surface area contributed by atoms with Crippen molar-refractivity contribution in [3.05, 3.63) is 45.5 Å². The number of allylic oxidation sites excluding steroid dienone is 1. The van der Waals surface area contributed by atoms with Crippen LogP contribution in [0, 0.1) is 10.1 Å². The second-order valence-electron chi connectivity index (χ2n) is 3.83. The Hall–Kier alpha value is -2.15. The number of carbonyl (C=O) groups excluding carboxylic acids is 1. The fourth-order valence-corrected chi connectivity index (χ4v) is 2.09. The van der Waals surface area contributed by atoms with Crippen LogP contribution in [-0.4, -0.2) is 26.9 Å². The number of hydrogen-bond acceptors (Lipinski definition) is 5. The van der Waals surface area contributed by atoms with E-state index in [-0.39, 0.29) is 21.9 Å². The molecular formula is C13H13NO5S. The van der Waals surface area contributed by atoms with Crippen LogP contribution >= 0.6 is 11.8 Å². The van der Waals surface area contributed by atoms with Crippen molar-refractivity contribution in [3.8, 4) is 0 Å². The maximum Gasteiger partial charge on any atom is 0.336 e. The molecule has 0 fully saturated rings. The van der Waals surface area contributed by atoms with E-state index in [0.29, 0.717) is 12.2 Å². The molecule has 1 aromatic carbocycles. The second kappa shape index (κ2) is 7.44. The van der Waals surface area contributed by atoms with Gasteiger partial charge in [-0.15, -0.1) is 0 Å². The van der Waals surface area contributed by atoms with Gasteiger partial charge in [0.2, 0.25) is 0 Å². The number of nitro benzene ring substituents is 1. The summed E-state index contributed by atoms with van der Waals surface area (Å²) in [6, 6.07) is 3.92. The van der Waals surface area contributed by atoms with Crippen LogP contribution in [0.1, 0.15) is 29.3 Å². The van der Waals surface area contributed by atoms with Crippen molar-refractivity contribution in [2.75, 3.05) is 5.75 Å². The Balaban J connectivity index is 2.96. The van der Waals surface area contributed by atoms with Gasteiger partial charge in [-0.3, -0.25) is 14.9 Å². The molecule has 0 aliphatic carbocycles. The Morgan fingerprint density at radius 1 is 1.45 bits per heavy atom. The van der Waals surface area contributed by atoms with E-state index in [2.05, 4.69) is 0 Å². The van der Waals surface area contributed by atoms with Gasteiger partial charge in [0.25, 0.3) is 5.69 Å². The minimum Gasteiger partial charge on any atom is -0.478 e. The Morgan fingerprint density at radius 2 is 2.15 bits per heavy atom. The molecule has 0 saturated carbocycles. The van der Waals surface area contributed by atoms with E-state index in [1.54, 1.807) is 6.08 Å². The van der Waals surface area contributed by atoms with E-state index in [9.17, 15) is 19.7 Å². The molecule has 0 atom stereocenters. The van der Waals surface area contributed by atoms with Gasteiger partial charge in [-0.2, -0.15) is 0 Å². The van der Waals surface area contributed by atoms with Gasteiger partial charge in [-0.05, 0) is 12.5 Å². The molecule has 0 saturated heterocycles. The van der Waals surface area contributed by atoms with E-state index in [1.807, 2.05) is 0 Å². The van der Waals surface area contributed by atoms with Crippen LogP contribution in [0.5, 0.6) is 0 Å². The number of nitrogens with zero attached hydrogens (tertiary/aromatic N) is 1. The number of benzene rings is 1. The standard InChI is InChI=1S/C13H13NO5S/c1-9(15)20-8-3-2-5-10-11(13(16)17)6-4-7-12(10)14(18)19/h2,4-7H,3,8H2,1H3,(H,16,17). The number of carboxylic acid groups (broad SMARTS) is 1. The molecule has 0 radical (unpaired) electrons. The topological polar surface area (TPSA) is 97.5 Å². The average Bonchev–Trinajstić information content (AvgIpc) is 2.37. The molecule has 0 aliphatic heterocycles. The van der Waals surface area contributed by atoms with Crippen LogP contribution < -0.4 is 0 Å². The van der Waals surface area contributed by atoms with Gasteiger partial charge in [-0.25, -0.2) is 4.79 Å². The number of nitro groups is 1. The molecule has 0 spiro atoms. The van der Waals surface area contributed by atoms with Crippen LogP contribution in [0.15, 0.2) is 24.3 Å². The summed E-state index contributed by atoms with van der Waals surface area (Å²) in [5.74, 6) is -0.666. The van der Waals surface area contributed by atoms with Crippen molar-refractivity contribution in [2.24, 2.45) is 0 Å². The molecule has 0 aliphatic rings. The third kappa shape index (κ3) is 4.51. The van der Waals surface area contributed by atoms with E-state index >= 15 is 0 Å². The lowest BCUT2D eigenvalue weighted by Crippen LogP contribution is -2.02. The first kappa shape index (κ1) is 15.9. The maximum atomic E-state index is 11.1. The van der Waals surface area contributed by atoms with Crippen molar-refractivity contribution >= 4 is 34.6 Å². The number of aromatic carboxylic acids is 1. The maximum absolute atomic E-state index is 11.1. The van der Waals surface area contributed by atoms with Crippen LogP contribution in [0.4, 0.5) is 5.69 Å². The normalized spacial score (nSPS) is 10.7. The predicted molar refractivity (Wildman–Crippen MR) is 76.8 cm³/mol. The van der Waals surface area contributed by atoms with E-state index < -0.39 is 10.9 Å². The van der Waals surface area contributed by atoms with Gasteiger partial charge in [-0.1, -0.05) is 30.0 Å². The highest BCUT2D eigenvalue weighted by molar-refractivity contribution is 8.13. The van der Waals surface area contributed by atoms with Gasteiger partial charge < -0.3 is 5.11 Å². The molecule has 106 valence electrons. The van der Waals surface area contributed by atoms with Crippen LogP contribution in [0.3, 0.4) is 0 Å². The first-order chi connectivity index (χ1) is 9.43. The first-order valence-electron chi connectivity index (χ1n) is 5.74. The number of carbonyl (C=O) groups is 2. The molecule has 1 aromatic rings. The zero-order chi connectivity index (χ0) is 15.1. The largest absolute Gasteiger partial charge is 0.478 e. The zero-order valence-corrected chi connectivity index (χ0v) is 11.6. The molecule has 0 bridgehead atoms. The smallest absolute Gasteiger partial charge is 0.336 e. The summed E-state index contributed by atoms with van der Waals surface area (Å²) in [7, 11) is 0. The Labute approximate surface area is 119 Å². The molecule has 1 rings (SSSR count). The summed E-state index contributed by atoms with van der Waals surface area (Å²) in [5, 5.41) is 19.9. The fourth-order valence-electron chi connectivity index (χ4n) is 1.55. The highest BCUT2D eigenvalue weighted by Crippen LogP contribution is 2.24. The lowest BCUT2D eigenvalue weighted by atomic mass is 10.0. The highest BCUT2D eigenvalue weighted by Gasteiger charge is 2.18. The van der Waals surface area contributed by atoms with Gasteiger partial charge in [0.15, 0.2) is 5.12 Å². The van der Waals surface area contributed by atoms with Crippen LogP contribution in [0.25, 0.3) is 6.08 Å². The molecule has 1 N–H and O–H groups in total. The monoisotopic (exact) mass is 295 g/mol. The molecule has 20 heavy (non-hydrogen) atoms. The quantitative estimate of drug-likeness (QED) is 0.492. The van der Waals surface area contributed by atoms with Gasteiger partial charge >= 0.3 is 5.97 Å². The number of carboxylic acids is 1. The van der Waals surface area contributed by atoms with E-state index in [4.69, 9.17) is 5.11 Å². The number of hydrogen-bond donors (Lipinski definition) is 1. The third-order valence-electron chi connectivity index (χ3n) is 2.38. The lowest BCUT2D eigenvalue weighted by Gasteiger charge is -2.02. The molecule has 7 heteroatoms. The summed E-state index contributed by atoms with van der Waals surface area (Å²) < 4.78 is 0. The van der Waals surface area contributed by atoms with E-state index in [1.165, 1.54) is 31.2 Å².